The Morgan fingerprint density at radius 2 is 1.86 bits per heavy atom. The largest absolute Gasteiger partial charge is 0.481 e. The lowest BCUT2D eigenvalue weighted by atomic mass is 10.1. The molecule has 10 heteroatoms. The first-order chi connectivity index (χ1) is 17.6. The Hall–Kier alpha value is -4.31. The Kier molecular flexibility index (Phi) is 6.85. The average molecular weight is 501 g/mol. The van der Waals surface area contributed by atoms with Crippen molar-refractivity contribution in [1.29, 1.82) is 0 Å². The molecule has 9 nitrogen and oxygen atoms in total. The third kappa shape index (κ3) is 5.33. The Morgan fingerprint density at radius 1 is 1.00 bits per heavy atom. The maximum atomic E-state index is 12.5. The first kappa shape index (κ1) is 23.4. The number of thioether (sulfide) groups is 1. The maximum Gasteiger partial charge on any atom is 0.251 e. The van der Waals surface area contributed by atoms with Crippen molar-refractivity contribution in [2.45, 2.75) is 11.6 Å². The number of aromatic nitrogens is 4. The van der Waals surface area contributed by atoms with Gasteiger partial charge in [-0.1, -0.05) is 23.9 Å². The summed E-state index contributed by atoms with van der Waals surface area (Å²) < 4.78 is 5.11. The standard InChI is InChI=1S/C26H24N6O3S/c1-35-23-10-9-21-24(31-23)32-26(30-21)36-15-22(33)29-18-7-5-17(6-8-18)25(34)28-13-11-16-3-2-4-20-19(16)12-14-27-20/h2-10,12,14,27H,11,13,15H2,1H3,(H,28,34)(H,29,33)(H,30,31,32). The van der Waals surface area contributed by atoms with Crippen molar-refractivity contribution in [3.05, 3.63) is 78.0 Å². The number of fused-ring (bicyclic) bond motifs is 2. The lowest BCUT2D eigenvalue weighted by molar-refractivity contribution is -0.113. The van der Waals surface area contributed by atoms with Gasteiger partial charge < -0.3 is 25.3 Å². The number of carbonyl (C=O) groups is 2. The molecule has 2 aromatic carbocycles. The molecule has 0 fully saturated rings. The van der Waals surface area contributed by atoms with E-state index in [1.54, 1.807) is 37.4 Å². The van der Waals surface area contributed by atoms with E-state index in [2.05, 4.69) is 36.6 Å². The third-order valence-electron chi connectivity index (χ3n) is 5.64. The summed E-state index contributed by atoms with van der Waals surface area (Å²) in [6.07, 6.45) is 2.65. The number of hydrogen-bond acceptors (Lipinski definition) is 6. The SMILES string of the molecule is COc1ccc2[nH]c(SCC(=O)Nc3ccc(C(=O)NCCc4cccc5[nH]ccc45)cc3)nc2n1. The molecule has 0 aliphatic heterocycles. The molecular weight excluding hydrogens is 476 g/mol. The van der Waals surface area contributed by atoms with Gasteiger partial charge in [-0.25, -0.2) is 4.98 Å². The molecule has 0 aliphatic rings. The molecule has 0 aliphatic carbocycles. The number of methoxy groups -OCH3 is 1. The van der Waals surface area contributed by atoms with Crippen LogP contribution in [0, 0.1) is 0 Å². The topological polar surface area (TPSA) is 125 Å². The van der Waals surface area contributed by atoms with Crippen molar-refractivity contribution in [1.82, 2.24) is 25.3 Å². The number of benzene rings is 2. The van der Waals surface area contributed by atoms with Gasteiger partial charge in [0.2, 0.25) is 11.8 Å². The van der Waals surface area contributed by atoms with E-state index in [1.165, 1.54) is 22.7 Å². The monoisotopic (exact) mass is 500 g/mol. The molecule has 182 valence electrons. The van der Waals surface area contributed by atoms with E-state index < -0.39 is 0 Å². The summed E-state index contributed by atoms with van der Waals surface area (Å²) >= 11 is 1.28. The van der Waals surface area contributed by atoms with Crippen LogP contribution in [0.15, 0.2) is 72.0 Å². The lowest BCUT2D eigenvalue weighted by Crippen LogP contribution is -2.25. The molecule has 4 N–H and O–H groups in total. The van der Waals surface area contributed by atoms with E-state index in [1.807, 2.05) is 30.5 Å². The van der Waals surface area contributed by atoms with Gasteiger partial charge in [0.1, 0.15) is 0 Å². The van der Waals surface area contributed by atoms with Crippen LogP contribution in [0.5, 0.6) is 5.88 Å². The first-order valence-electron chi connectivity index (χ1n) is 11.4. The molecule has 5 rings (SSSR count). The van der Waals surface area contributed by atoms with E-state index in [-0.39, 0.29) is 17.6 Å². The molecule has 36 heavy (non-hydrogen) atoms. The average Bonchev–Trinajstić information content (AvgIpc) is 3.54. The fourth-order valence-electron chi connectivity index (χ4n) is 3.85. The quantitative estimate of drug-likeness (QED) is 0.225. The number of pyridine rings is 1. The van der Waals surface area contributed by atoms with Crippen molar-refractivity contribution in [2.24, 2.45) is 0 Å². The normalized spacial score (nSPS) is 11.0. The van der Waals surface area contributed by atoms with Crippen molar-refractivity contribution in [3.8, 4) is 5.88 Å². The summed E-state index contributed by atoms with van der Waals surface area (Å²) in [5, 5.41) is 7.56. The van der Waals surface area contributed by atoms with Crippen molar-refractivity contribution < 1.29 is 14.3 Å². The van der Waals surface area contributed by atoms with Gasteiger partial charge in [0.25, 0.3) is 5.91 Å². The van der Waals surface area contributed by atoms with Gasteiger partial charge in [-0.2, -0.15) is 4.98 Å². The van der Waals surface area contributed by atoms with Gasteiger partial charge in [0.15, 0.2) is 10.8 Å². The van der Waals surface area contributed by atoms with E-state index in [4.69, 9.17) is 4.74 Å². The van der Waals surface area contributed by atoms with Crippen LogP contribution < -0.4 is 15.4 Å². The van der Waals surface area contributed by atoms with Gasteiger partial charge in [-0.3, -0.25) is 9.59 Å². The van der Waals surface area contributed by atoms with Crippen LogP contribution in [0.1, 0.15) is 15.9 Å². The maximum absolute atomic E-state index is 12.5. The predicted molar refractivity (Wildman–Crippen MR) is 141 cm³/mol. The molecule has 0 atom stereocenters. The van der Waals surface area contributed by atoms with E-state index in [9.17, 15) is 9.59 Å². The summed E-state index contributed by atoms with van der Waals surface area (Å²) in [4.78, 5) is 39.9. The number of anilines is 1. The molecule has 0 bridgehead atoms. The highest BCUT2D eigenvalue weighted by Crippen LogP contribution is 2.21. The van der Waals surface area contributed by atoms with Crippen LogP contribution in [0.25, 0.3) is 22.1 Å². The van der Waals surface area contributed by atoms with Gasteiger partial charge >= 0.3 is 0 Å². The molecule has 0 radical (unpaired) electrons. The van der Waals surface area contributed by atoms with Gasteiger partial charge in [0, 0.05) is 41.0 Å². The zero-order valence-electron chi connectivity index (χ0n) is 19.5. The second-order valence-corrected chi connectivity index (χ2v) is 9.01. The Bertz CT molecular complexity index is 1530. The first-order valence-corrected chi connectivity index (χ1v) is 12.3. The van der Waals surface area contributed by atoms with Crippen molar-refractivity contribution in [3.63, 3.8) is 0 Å². The summed E-state index contributed by atoms with van der Waals surface area (Å²) in [6, 6.07) is 18.6. The number of nitrogens with one attached hydrogen (secondary N) is 4. The van der Waals surface area contributed by atoms with Crippen LogP contribution in [-0.4, -0.2) is 51.2 Å². The minimum atomic E-state index is -0.179. The second kappa shape index (κ2) is 10.5. The Balaban J connectivity index is 1.10. The molecule has 5 aromatic rings. The lowest BCUT2D eigenvalue weighted by Gasteiger charge is -2.08. The van der Waals surface area contributed by atoms with Crippen molar-refractivity contribution >= 4 is 51.3 Å². The fraction of sp³-hybridized carbons (Fsp3) is 0.154. The number of H-pyrrole nitrogens is 2. The number of rotatable bonds is 9. The van der Waals surface area contributed by atoms with Crippen LogP contribution in [0.3, 0.4) is 0 Å². The molecule has 3 aromatic heterocycles. The number of ether oxygens (including phenoxy) is 1. The zero-order chi connectivity index (χ0) is 24.9. The summed E-state index contributed by atoms with van der Waals surface area (Å²) in [5.74, 6) is 0.323. The third-order valence-corrected chi connectivity index (χ3v) is 6.52. The number of nitrogens with zero attached hydrogens (tertiary/aromatic N) is 2. The molecule has 0 saturated heterocycles. The van der Waals surface area contributed by atoms with Gasteiger partial charge in [-0.15, -0.1) is 0 Å². The Morgan fingerprint density at radius 3 is 2.69 bits per heavy atom. The molecule has 2 amide bonds. The molecular formula is C26H24N6O3S. The highest BCUT2D eigenvalue weighted by molar-refractivity contribution is 7.99. The summed E-state index contributed by atoms with van der Waals surface area (Å²) in [5.41, 5.74) is 4.73. The zero-order valence-corrected chi connectivity index (χ0v) is 20.3. The molecule has 0 saturated carbocycles. The number of carbonyl (C=O) groups excluding carboxylic acids is 2. The summed E-state index contributed by atoms with van der Waals surface area (Å²) in [7, 11) is 1.55. The van der Waals surface area contributed by atoms with Crippen LogP contribution in [0.4, 0.5) is 5.69 Å². The Labute approximate surface area is 211 Å². The number of amides is 2. The van der Waals surface area contributed by atoms with E-state index in [0.717, 1.165) is 17.5 Å². The number of imidazole rings is 1. The van der Waals surface area contributed by atoms with E-state index >= 15 is 0 Å². The molecule has 0 spiro atoms. The highest BCUT2D eigenvalue weighted by Gasteiger charge is 2.11. The van der Waals surface area contributed by atoms with Gasteiger partial charge in [0.05, 0.1) is 18.4 Å². The molecule has 0 unspecified atom stereocenters. The minimum absolute atomic E-state index is 0.153. The number of hydrogen-bond donors (Lipinski definition) is 4. The highest BCUT2D eigenvalue weighted by atomic mass is 32.2. The van der Waals surface area contributed by atoms with Crippen molar-refractivity contribution in [2.75, 3.05) is 24.7 Å². The van der Waals surface area contributed by atoms with Crippen LogP contribution >= 0.6 is 11.8 Å². The van der Waals surface area contributed by atoms with Crippen LogP contribution in [0.2, 0.25) is 0 Å². The van der Waals surface area contributed by atoms with Gasteiger partial charge in [-0.05, 0) is 54.4 Å². The molecule has 3 heterocycles. The predicted octanol–water partition coefficient (Wildman–Crippen LogP) is 4.15. The minimum Gasteiger partial charge on any atom is -0.481 e. The van der Waals surface area contributed by atoms with Crippen LogP contribution in [-0.2, 0) is 11.2 Å². The smallest absolute Gasteiger partial charge is 0.251 e. The fourth-order valence-corrected chi connectivity index (χ4v) is 4.53. The second-order valence-electron chi connectivity index (χ2n) is 8.04. The van der Waals surface area contributed by atoms with E-state index in [0.29, 0.717) is 34.5 Å². The number of aromatic amines is 2. The summed E-state index contributed by atoms with van der Waals surface area (Å²) in [6.45, 7) is 0.531.